The molecule has 3 unspecified atom stereocenters. The Kier molecular flexibility index (Phi) is 4.09. The monoisotopic (exact) mass is 298 g/mol. The van der Waals surface area contributed by atoms with Gasteiger partial charge in [0.15, 0.2) is 0 Å². The summed E-state index contributed by atoms with van der Waals surface area (Å²) in [5.74, 6) is 1.68. The maximum absolute atomic E-state index is 12.5. The van der Waals surface area contributed by atoms with Gasteiger partial charge in [-0.25, -0.2) is 4.98 Å². The van der Waals surface area contributed by atoms with E-state index >= 15 is 0 Å². The summed E-state index contributed by atoms with van der Waals surface area (Å²) in [5.41, 5.74) is -0.133. The number of pyridine rings is 1. The van der Waals surface area contributed by atoms with Crippen LogP contribution in [0.15, 0.2) is 18.3 Å². The average Bonchev–Trinajstić information content (AvgIpc) is 2.47. The number of nitrogens with one attached hydrogen (secondary N) is 1. The molecule has 5 heteroatoms. The molecule has 0 amide bonds. The summed E-state index contributed by atoms with van der Waals surface area (Å²) in [4.78, 5) is 3.51. The first-order chi connectivity index (χ1) is 10.0. The topological polar surface area (TPSA) is 24.9 Å². The number of anilines is 1. The lowest BCUT2D eigenvalue weighted by Gasteiger charge is -2.39. The van der Waals surface area contributed by atoms with Crippen molar-refractivity contribution in [3.63, 3.8) is 0 Å². The molecule has 0 saturated heterocycles. The van der Waals surface area contributed by atoms with Crippen LogP contribution in [0, 0.1) is 11.8 Å². The summed E-state index contributed by atoms with van der Waals surface area (Å²) < 4.78 is 37.4. The number of hydrogen-bond acceptors (Lipinski definition) is 2. The molecule has 3 rings (SSSR count). The maximum atomic E-state index is 12.5. The molecule has 2 aliphatic carbocycles. The summed E-state index contributed by atoms with van der Waals surface area (Å²) in [6, 6.07) is 2.92. The van der Waals surface area contributed by atoms with Crippen molar-refractivity contribution >= 4 is 5.69 Å². The lowest BCUT2D eigenvalue weighted by Crippen LogP contribution is -2.34. The second kappa shape index (κ2) is 5.85. The predicted molar refractivity (Wildman–Crippen MR) is 75.9 cm³/mol. The van der Waals surface area contributed by atoms with Crippen LogP contribution < -0.4 is 5.32 Å². The molecule has 1 aromatic heterocycles. The number of aromatic nitrogens is 1. The van der Waals surface area contributed by atoms with Gasteiger partial charge in [0, 0.05) is 6.04 Å². The van der Waals surface area contributed by atoms with Gasteiger partial charge in [0.05, 0.1) is 11.9 Å². The number of nitrogens with zero attached hydrogens (tertiary/aromatic N) is 1. The van der Waals surface area contributed by atoms with Gasteiger partial charge >= 0.3 is 6.18 Å². The molecule has 21 heavy (non-hydrogen) atoms. The Morgan fingerprint density at radius 2 is 1.76 bits per heavy atom. The first-order valence-electron chi connectivity index (χ1n) is 7.82. The van der Waals surface area contributed by atoms with Crippen molar-refractivity contribution in [2.24, 2.45) is 11.8 Å². The first-order valence-corrected chi connectivity index (χ1v) is 7.82. The normalized spacial score (nSPS) is 29.8. The number of alkyl halides is 3. The second-order valence-electron chi connectivity index (χ2n) is 6.39. The number of halogens is 3. The Balaban J connectivity index is 1.59. The molecular formula is C16H21F3N2. The molecule has 1 N–H and O–H groups in total. The van der Waals surface area contributed by atoms with E-state index in [1.807, 2.05) is 0 Å². The Hall–Kier alpha value is -1.26. The molecule has 2 aliphatic rings. The van der Waals surface area contributed by atoms with E-state index in [9.17, 15) is 13.2 Å². The molecule has 0 bridgehead atoms. The van der Waals surface area contributed by atoms with E-state index in [0.717, 1.165) is 30.7 Å². The van der Waals surface area contributed by atoms with E-state index in [0.29, 0.717) is 11.7 Å². The predicted octanol–water partition coefficient (Wildman–Crippen LogP) is 4.87. The Labute approximate surface area is 123 Å². The van der Waals surface area contributed by atoms with Crippen LogP contribution >= 0.6 is 0 Å². The highest BCUT2D eigenvalue weighted by Gasteiger charge is 2.33. The van der Waals surface area contributed by atoms with Crippen molar-refractivity contribution in [1.82, 2.24) is 4.98 Å². The number of fused-ring (bicyclic) bond motifs is 1. The second-order valence-corrected chi connectivity index (χ2v) is 6.39. The van der Waals surface area contributed by atoms with Crippen LogP contribution in [0.4, 0.5) is 18.9 Å². The van der Waals surface area contributed by atoms with Crippen molar-refractivity contribution in [2.75, 3.05) is 5.32 Å². The fourth-order valence-electron chi connectivity index (χ4n) is 3.89. The van der Waals surface area contributed by atoms with E-state index in [1.165, 1.54) is 44.4 Å². The van der Waals surface area contributed by atoms with Gasteiger partial charge in [0.2, 0.25) is 0 Å². The SMILES string of the molecule is FC(F)(F)c1ccc(NC2CCC3CCCCC3C2)cn1. The van der Waals surface area contributed by atoms with Gasteiger partial charge in [-0.2, -0.15) is 13.2 Å². The molecule has 1 aromatic rings. The van der Waals surface area contributed by atoms with E-state index in [2.05, 4.69) is 10.3 Å². The molecule has 0 aromatic carbocycles. The Bertz CT molecular complexity index is 469. The average molecular weight is 298 g/mol. The fraction of sp³-hybridized carbons (Fsp3) is 0.688. The number of rotatable bonds is 2. The standard InChI is InChI=1S/C16H21F3N2/c17-16(18,19)15-8-7-14(10-20-15)21-13-6-5-11-3-1-2-4-12(11)9-13/h7-8,10-13,21H,1-6,9H2. The van der Waals surface area contributed by atoms with Crippen LogP contribution in [-0.4, -0.2) is 11.0 Å². The highest BCUT2D eigenvalue weighted by molar-refractivity contribution is 5.42. The quantitative estimate of drug-likeness (QED) is 0.842. The maximum Gasteiger partial charge on any atom is 0.433 e. The van der Waals surface area contributed by atoms with E-state index < -0.39 is 11.9 Å². The lowest BCUT2D eigenvalue weighted by atomic mass is 9.69. The van der Waals surface area contributed by atoms with Gasteiger partial charge in [0.1, 0.15) is 5.69 Å². The zero-order valence-electron chi connectivity index (χ0n) is 12.0. The molecule has 0 spiro atoms. The van der Waals surface area contributed by atoms with Crippen LogP contribution in [0.2, 0.25) is 0 Å². The van der Waals surface area contributed by atoms with Crippen LogP contribution in [0.25, 0.3) is 0 Å². The van der Waals surface area contributed by atoms with Gasteiger partial charge in [-0.1, -0.05) is 25.7 Å². The minimum absolute atomic E-state index is 0.378. The zero-order valence-corrected chi connectivity index (χ0v) is 12.0. The molecule has 2 saturated carbocycles. The van der Waals surface area contributed by atoms with Gasteiger partial charge in [-0.15, -0.1) is 0 Å². The largest absolute Gasteiger partial charge is 0.433 e. The van der Waals surface area contributed by atoms with Gasteiger partial charge in [0.25, 0.3) is 0 Å². The molecule has 2 fully saturated rings. The van der Waals surface area contributed by atoms with Crippen molar-refractivity contribution in [1.29, 1.82) is 0 Å². The van der Waals surface area contributed by atoms with E-state index in [1.54, 1.807) is 0 Å². The first kappa shape index (κ1) is 14.7. The van der Waals surface area contributed by atoms with Crippen molar-refractivity contribution in [3.05, 3.63) is 24.0 Å². The summed E-state index contributed by atoms with van der Waals surface area (Å²) in [6.07, 6.45) is 5.81. The molecule has 1 heterocycles. The number of hydrogen-bond donors (Lipinski definition) is 1. The zero-order chi connectivity index (χ0) is 14.9. The van der Waals surface area contributed by atoms with E-state index in [4.69, 9.17) is 0 Å². The third kappa shape index (κ3) is 3.50. The van der Waals surface area contributed by atoms with Crippen molar-refractivity contribution in [2.45, 2.75) is 57.2 Å². The summed E-state index contributed by atoms with van der Waals surface area (Å²) in [7, 11) is 0. The lowest BCUT2D eigenvalue weighted by molar-refractivity contribution is -0.141. The minimum atomic E-state index is -4.36. The van der Waals surface area contributed by atoms with Crippen LogP contribution in [-0.2, 0) is 6.18 Å². The molecular weight excluding hydrogens is 277 g/mol. The van der Waals surface area contributed by atoms with Gasteiger partial charge in [-0.05, 0) is 43.2 Å². The summed E-state index contributed by atoms with van der Waals surface area (Å²) >= 11 is 0. The van der Waals surface area contributed by atoms with Crippen molar-refractivity contribution in [3.8, 4) is 0 Å². The highest BCUT2D eigenvalue weighted by Crippen LogP contribution is 2.41. The molecule has 0 aliphatic heterocycles. The highest BCUT2D eigenvalue weighted by atomic mass is 19.4. The van der Waals surface area contributed by atoms with Gasteiger partial charge in [-0.3, -0.25) is 0 Å². The summed E-state index contributed by atoms with van der Waals surface area (Å²) in [5, 5.41) is 3.36. The van der Waals surface area contributed by atoms with Gasteiger partial charge < -0.3 is 5.32 Å². The Morgan fingerprint density at radius 1 is 1.00 bits per heavy atom. The van der Waals surface area contributed by atoms with Crippen molar-refractivity contribution < 1.29 is 13.2 Å². The molecule has 116 valence electrons. The third-order valence-corrected chi connectivity index (χ3v) is 4.96. The summed E-state index contributed by atoms with van der Waals surface area (Å²) in [6.45, 7) is 0. The fourth-order valence-corrected chi connectivity index (χ4v) is 3.89. The third-order valence-electron chi connectivity index (χ3n) is 4.96. The Morgan fingerprint density at radius 3 is 2.43 bits per heavy atom. The molecule has 3 atom stereocenters. The van der Waals surface area contributed by atoms with Crippen LogP contribution in [0.3, 0.4) is 0 Å². The van der Waals surface area contributed by atoms with Crippen LogP contribution in [0.1, 0.15) is 50.6 Å². The smallest absolute Gasteiger partial charge is 0.381 e. The molecule has 0 radical (unpaired) electrons. The van der Waals surface area contributed by atoms with Crippen LogP contribution in [0.5, 0.6) is 0 Å². The molecule has 2 nitrogen and oxygen atoms in total. The van der Waals surface area contributed by atoms with E-state index in [-0.39, 0.29) is 0 Å². The minimum Gasteiger partial charge on any atom is -0.381 e.